The average molecular weight is 401 g/mol. The number of methoxy groups -OCH3 is 1. The maximum absolute atomic E-state index is 13.5. The van der Waals surface area contributed by atoms with E-state index in [4.69, 9.17) is 4.74 Å². The first-order chi connectivity index (χ1) is 13.3. The lowest BCUT2D eigenvalue weighted by Crippen LogP contribution is -2.42. The summed E-state index contributed by atoms with van der Waals surface area (Å²) in [5.74, 6) is 0.798. The normalized spacial score (nSPS) is 18.2. The summed E-state index contributed by atoms with van der Waals surface area (Å²) in [5.41, 5.74) is 1.95. The van der Waals surface area contributed by atoms with Gasteiger partial charge in [-0.25, -0.2) is 8.42 Å². The van der Waals surface area contributed by atoms with E-state index in [-0.39, 0.29) is 12.5 Å². The van der Waals surface area contributed by atoms with Crippen LogP contribution in [0.2, 0.25) is 0 Å². The highest BCUT2D eigenvalue weighted by Crippen LogP contribution is 2.50. The topological polar surface area (TPSA) is 66.9 Å². The number of anilines is 1. The SMILES string of the molecule is COc1cccc(C2(C(=O)N3CCN(S(C)(=O)=O)c4ccccc4C3)CC2)c1. The van der Waals surface area contributed by atoms with Gasteiger partial charge in [-0.1, -0.05) is 30.3 Å². The van der Waals surface area contributed by atoms with Crippen molar-refractivity contribution in [3.05, 3.63) is 59.7 Å². The number of carbonyl (C=O) groups is 1. The number of ether oxygens (including phenoxy) is 1. The van der Waals surface area contributed by atoms with E-state index >= 15 is 0 Å². The molecular formula is C21H24N2O4S. The number of para-hydroxylation sites is 1. The van der Waals surface area contributed by atoms with Gasteiger partial charge in [0.2, 0.25) is 15.9 Å². The Morgan fingerprint density at radius 2 is 1.82 bits per heavy atom. The quantitative estimate of drug-likeness (QED) is 0.791. The van der Waals surface area contributed by atoms with Crippen LogP contribution in [0.15, 0.2) is 48.5 Å². The molecule has 0 N–H and O–H groups in total. The molecule has 1 aliphatic carbocycles. The molecule has 4 rings (SSSR count). The lowest BCUT2D eigenvalue weighted by molar-refractivity contribution is -0.134. The first kappa shape index (κ1) is 18.8. The molecule has 0 bridgehead atoms. The maximum Gasteiger partial charge on any atom is 0.233 e. The van der Waals surface area contributed by atoms with Crippen LogP contribution in [0.4, 0.5) is 5.69 Å². The highest BCUT2D eigenvalue weighted by atomic mass is 32.2. The number of hydrogen-bond donors (Lipinski definition) is 0. The predicted octanol–water partition coefficient (Wildman–Crippen LogP) is 2.54. The number of rotatable bonds is 4. The van der Waals surface area contributed by atoms with Crippen molar-refractivity contribution < 1.29 is 17.9 Å². The summed E-state index contributed by atoms with van der Waals surface area (Å²) in [6, 6.07) is 15.1. The van der Waals surface area contributed by atoms with Crippen molar-refractivity contribution in [2.24, 2.45) is 0 Å². The van der Waals surface area contributed by atoms with E-state index in [9.17, 15) is 13.2 Å². The minimum atomic E-state index is -3.41. The molecule has 7 heteroatoms. The van der Waals surface area contributed by atoms with Gasteiger partial charge in [-0.05, 0) is 42.2 Å². The van der Waals surface area contributed by atoms with Crippen molar-refractivity contribution in [1.29, 1.82) is 0 Å². The van der Waals surface area contributed by atoms with Gasteiger partial charge in [-0.15, -0.1) is 0 Å². The van der Waals surface area contributed by atoms with E-state index in [1.807, 2.05) is 42.5 Å². The van der Waals surface area contributed by atoms with Crippen LogP contribution in [0.3, 0.4) is 0 Å². The first-order valence-corrected chi connectivity index (χ1v) is 11.2. The molecule has 1 fully saturated rings. The minimum absolute atomic E-state index is 0.0610. The second-order valence-electron chi connectivity index (χ2n) is 7.50. The number of fused-ring (bicyclic) bond motifs is 1. The third-order valence-corrected chi connectivity index (χ3v) is 6.84. The first-order valence-electron chi connectivity index (χ1n) is 9.35. The van der Waals surface area contributed by atoms with Crippen LogP contribution in [-0.4, -0.2) is 45.7 Å². The number of sulfonamides is 1. The molecular weight excluding hydrogens is 376 g/mol. The summed E-state index contributed by atoms with van der Waals surface area (Å²) >= 11 is 0. The van der Waals surface area contributed by atoms with Crippen LogP contribution in [0.5, 0.6) is 5.75 Å². The van der Waals surface area contributed by atoms with Crippen LogP contribution in [0, 0.1) is 0 Å². The Bertz CT molecular complexity index is 1010. The van der Waals surface area contributed by atoms with Gasteiger partial charge in [0.15, 0.2) is 0 Å². The Kier molecular flexibility index (Phi) is 4.57. The van der Waals surface area contributed by atoms with E-state index in [0.29, 0.717) is 18.8 Å². The van der Waals surface area contributed by atoms with Crippen molar-refractivity contribution in [1.82, 2.24) is 4.90 Å². The Balaban J connectivity index is 1.66. The Morgan fingerprint density at radius 3 is 2.50 bits per heavy atom. The number of carbonyl (C=O) groups excluding carboxylic acids is 1. The van der Waals surface area contributed by atoms with Crippen molar-refractivity contribution in [2.75, 3.05) is 30.8 Å². The van der Waals surface area contributed by atoms with Gasteiger partial charge in [0.1, 0.15) is 5.75 Å². The third kappa shape index (κ3) is 3.24. The summed E-state index contributed by atoms with van der Waals surface area (Å²) < 4.78 is 31.3. The van der Waals surface area contributed by atoms with Crippen LogP contribution >= 0.6 is 0 Å². The lowest BCUT2D eigenvalue weighted by atomic mass is 9.93. The van der Waals surface area contributed by atoms with E-state index in [0.717, 1.165) is 29.7 Å². The molecule has 0 aromatic heterocycles. The van der Waals surface area contributed by atoms with Crippen LogP contribution in [0.25, 0.3) is 0 Å². The van der Waals surface area contributed by atoms with E-state index in [1.54, 1.807) is 18.1 Å². The molecule has 0 atom stereocenters. The van der Waals surface area contributed by atoms with Gasteiger partial charge in [0, 0.05) is 13.1 Å². The summed E-state index contributed by atoms with van der Waals surface area (Å²) in [7, 11) is -1.80. The molecule has 0 unspecified atom stereocenters. The van der Waals surface area contributed by atoms with Crippen molar-refractivity contribution in [2.45, 2.75) is 24.8 Å². The minimum Gasteiger partial charge on any atom is -0.497 e. The number of nitrogens with zero attached hydrogens (tertiary/aromatic N) is 2. The Labute approximate surface area is 165 Å². The van der Waals surface area contributed by atoms with Gasteiger partial charge >= 0.3 is 0 Å². The van der Waals surface area contributed by atoms with Gasteiger partial charge in [-0.3, -0.25) is 9.10 Å². The largest absolute Gasteiger partial charge is 0.497 e. The van der Waals surface area contributed by atoms with E-state index in [2.05, 4.69) is 0 Å². The molecule has 1 amide bonds. The van der Waals surface area contributed by atoms with Crippen LogP contribution in [0.1, 0.15) is 24.0 Å². The van der Waals surface area contributed by atoms with Gasteiger partial charge in [0.05, 0.1) is 31.0 Å². The molecule has 148 valence electrons. The molecule has 0 radical (unpaired) electrons. The summed E-state index contributed by atoms with van der Waals surface area (Å²) in [6.07, 6.45) is 2.81. The summed E-state index contributed by atoms with van der Waals surface area (Å²) in [6.45, 7) is 1.04. The maximum atomic E-state index is 13.5. The van der Waals surface area contributed by atoms with Gasteiger partial charge < -0.3 is 9.64 Å². The second kappa shape index (κ2) is 6.81. The highest BCUT2D eigenvalue weighted by Gasteiger charge is 2.53. The van der Waals surface area contributed by atoms with Crippen LogP contribution < -0.4 is 9.04 Å². The molecule has 2 aromatic rings. The molecule has 0 spiro atoms. The fraction of sp³-hybridized carbons (Fsp3) is 0.381. The number of amides is 1. The fourth-order valence-electron chi connectivity index (χ4n) is 4.00. The Morgan fingerprint density at radius 1 is 1.07 bits per heavy atom. The molecule has 1 saturated carbocycles. The monoisotopic (exact) mass is 400 g/mol. The smallest absolute Gasteiger partial charge is 0.233 e. The molecule has 1 aliphatic heterocycles. The number of hydrogen-bond acceptors (Lipinski definition) is 4. The van der Waals surface area contributed by atoms with Crippen molar-refractivity contribution >= 4 is 21.6 Å². The lowest BCUT2D eigenvalue weighted by Gasteiger charge is -2.27. The average Bonchev–Trinajstić information content (AvgIpc) is 3.50. The predicted molar refractivity (Wildman–Crippen MR) is 108 cm³/mol. The molecule has 2 aliphatic rings. The standard InChI is InChI=1S/C21H24N2O4S/c1-27-18-8-5-7-17(14-18)21(10-11-21)20(24)22-12-13-23(28(2,25)26)19-9-4-3-6-16(19)15-22/h3-9,14H,10-13,15H2,1-2H3. The molecule has 2 aromatic carbocycles. The van der Waals surface area contributed by atoms with Crippen molar-refractivity contribution in [3.8, 4) is 5.75 Å². The summed E-state index contributed by atoms with van der Waals surface area (Å²) in [4.78, 5) is 15.3. The molecule has 1 heterocycles. The van der Waals surface area contributed by atoms with Gasteiger partial charge in [0.25, 0.3) is 0 Å². The van der Waals surface area contributed by atoms with E-state index in [1.165, 1.54) is 10.6 Å². The van der Waals surface area contributed by atoms with E-state index < -0.39 is 15.4 Å². The Hall–Kier alpha value is -2.54. The third-order valence-electron chi connectivity index (χ3n) is 5.66. The fourth-order valence-corrected chi connectivity index (χ4v) is 4.95. The highest BCUT2D eigenvalue weighted by molar-refractivity contribution is 7.92. The zero-order valence-electron chi connectivity index (χ0n) is 16.1. The van der Waals surface area contributed by atoms with Crippen molar-refractivity contribution in [3.63, 3.8) is 0 Å². The summed E-state index contributed by atoms with van der Waals surface area (Å²) in [5, 5.41) is 0. The molecule has 28 heavy (non-hydrogen) atoms. The van der Waals surface area contributed by atoms with Crippen LogP contribution in [-0.2, 0) is 26.8 Å². The number of benzene rings is 2. The molecule has 0 saturated heterocycles. The zero-order valence-corrected chi connectivity index (χ0v) is 16.9. The molecule has 6 nitrogen and oxygen atoms in total. The van der Waals surface area contributed by atoms with Gasteiger partial charge in [-0.2, -0.15) is 0 Å². The zero-order chi connectivity index (χ0) is 19.9. The second-order valence-corrected chi connectivity index (χ2v) is 9.41.